The highest BCUT2D eigenvalue weighted by atomic mass is 19.3. The van der Waals surface area contributed by atoms with Crippen molar-refractivity contribution in [2.45, 2.75) is 56.9 Å². The Balaban J connectivity index is 1.41. The zero-order valence-corrected chi connectivity index (χ0v) is 18.8. The molecule has 1 aromatic heterocycles. The molecule has 1 saturated heterocycles. The van der Waals surface area contributed by atoms with E-state index in [1.165, 1.54) is 11.1 Å². The fourth-order valence-electron chi connectivity index (χ4n) is 4.97. The highest BCUT2D eigenvalue weighted by molar-refractivity contribution is 6.36. The lowest BCUT2D eigenvalue weighted by Crippen LogP contribution is -2.52. The lowest BCUT2D eigenvalue weighted by atomic mass is 9.61. The summed E-state index contributed by atoms with van der Waals surface area (Å²) in [5.41, 5.74) is 0.717. The van der Waals surface area contributed by atoms with Crippen molar-refractivity contribution in [1.82, 2.24) is 20.3 Å². The van der Waals surface area contributed by atoms with Gasteiger partial charge < -0.3 is 10.2 Å². The molecule has 2 aliphatic rings. The highest BCUT2D eigenvalue weighted by Gasteiger charge is 2.60. The van der Waals surface area contributed by atoms with Crippen LogP contribution in [0.1, 0.15) is 49.4 Å². The number of carbonyl (C=O) groups is 3. The summed E-state index contributed by atoms with van der Waals surface area (Å²) in [5.74, 6) is -5.37. The lowest BCUT2D eigenvalue weighted by Gasteiger charge is -2.45. The minimum atomic E-state index is -2.92. The molecule has 2 amide bonds. The average molecular weight is 470 g/mol. The largest absolute Gasteiger partial charge is 0.333 e. The number of nitrogens with zero attached hydrogens (tertiary/aromatic N) is 4. The van der Waals surface area contributed by atoms with Crippen LogP contribution < -0.4 is 5.32 Å². The minimum absolute atomic E-state index is 0.203. The number of aromatic amines is 1. The molecule has 2 aromatic rings. The first-order valence-corrected chi connectivity index (χ1v) is 10.9. The number of hydrogen-bond acceptors (Lipinski definition) is 6. The van der Waals surface area contributed by atoms with Gasteiger partial charge in [-0.15, -0.1) is 0 Å². The molecule has 0 radical (unpaired) electrons. The Kier molecular flexibility index (Phi) is 5.93. The van der Waals surface area contributed by atoms with E-state index in [1.54, 1.807) is 32.0 Å². The average Bonchev–Trinajstić information content (AvgIpc) is 3.43. The number of carbonyl (C=O) groups excluding carboxylic acids is 3. The molecular weight excluding hydrogens is 446 g/mol. The second-order valence-corrected chi connectivity index (χ2v) is 9.21. The van der Waals surface area contributed by atoms with Gasteiger partial charge in [-0.2, -0.15) is 20.7 Å². The predicted octanol–water partition coefficient (Wildman–Crippen LogP) is 2.49. The third kappa shape index (κ3) is 4.27. The van der Waals surface area contributed by atoms with Crippen molar-refractivity contribution < 1.29 is 23.2 Å². The Morgan fingerprint density at radius 3 is 2.68 bits per heavy atom. The van der Waals surface area contributed by atoms with E-state index in [4.69, 9.17) is 0 Å². The van der Waals surface area contributed by atoms with Crippen LogP contribution in [0.25, 0.3) is 0 Å². The van der Waals surface area contributed by atoms with Crippen molar-refractivity contribution in [2.75, 3.05) is 11.9 Å². The van der Waals surface area contributed by atoms with Gasteiger partial charge in [0.2, 0.25) is 17.6 Å². The van der Waals surface area contributed by atoms with E-state index >= 15 is 0 Å². The Morgan fingerprint density at radius 1 is 1.32 bits per heavy atom. The number of nitriles is 1. The number of alkyl halides is 2. The van der Waals surface area contributed by atoms with Crippen LogP contribution in [0.4, 0.5) is 14.5 Å². The zero-order chi connectivity index (χ0) is 24.7. The predicted molar refractivity (Wildman–Crippen MR) is 116 cm³/mol. The number of benzene rings is 1. The van der Waals surface area contributed by atoms with Gasteiger partial charge in [0.25, 0.3) is 5.91 Å². The second-order valence-electron chi connectivity index (χ2n) is 9.21. The van der Waals surface area contributed by atoms with Crippen LogP contribution in [0.3, 0.4) is 0 Å². The lowest BCUT2D eigenvalue weighted by molar-refractivity contribution is -0.154. The van der Waals surface area contributed by atoms with Crippen molar-refractivity contribution in [3.63, 3.8) is 0 Å². The molecule has 0 bridgehead atoms. The van der Waals surface area contributed by atoms with Gasteiger partial charge in [0.05, 0.1) is 29.4 Å². The number of rotatable bonds is 6. The van der Waals surface area contributed by atoms with Gasteiger partial charge in [-0.1, -0.05) is 6.07 Å². The number of Topliss-reactive ketones (excluding diaryl/α,β-unsaturated/α-hetero) is 1. The van der Waals surface area contributed by atoms with Gasteiger partial charge in [0.15, 0.2) is 0 Å². The van der Waals surface area contributed by atoms with E-state index in [0.717, 1.165) is 5.56 Å². The first-order valence-electron chi connectivity index (χ1n) is 10.9. The first kappa shape index (κ1) is 23.5. The topological polar surface area (TPSA) is 132 Å². The van der Waals surface area contributed by atoms with Crippen molar-refractivity contribution in [3.05, 3.63) is 41.2 Å². The molecule has 11 heteroatoms. The number of ketones is 1. The van der Waals surface area contributed by atoms with Crippen LogP contribution in [-0.2, 0) is 19.8 Å². The maximum atomic E-state index is 13.7. The standard InChI is InChI=1S/C23H24F2N6O3/c1-13-3-4-16(7-15(13)9-26)28-20(33)17-5-6-31(14(17)2)21(34)18(32)8-22(11-23(24,25)12-22)19-10-27-30-29-19/h3-4,7,10,14,17H,5-6,8,11-12H2,1-2H3,(H,28,33)(H,27,29,30)/t14-,17-/m0/s1. The van der Waals surface area contributed by atoms with Crippen molar-refractivity contribution in [3.8, 4) is 6.07 Å². The maximum absolute atomic E-state index is 13.7. The van der Waals surface area contributed by atoms with Crippen molar-refractivity contribution in [2.24, 2.45) is 5.92 Å². The van der Waals surface area contributed by atoms with Crippen LogP contribution >= 0.6 is 0 Å². The summed E-state index contributed by atoms with van der Waals surface area (Å²) in [7, 11) is 0. The molecule has 9 nitrogen and oxygen atoms in total. The fourth-order valence-corrected chi connectivity index (χ4v) is 4.97. The van der Waals surface area contributed by atoms with E-state index in [0.29, 0.717) is 17.7 Å². The molecule has 4 rings (SSSR count). The second kappa shape index (κ2) is 8.59. The Hall–Kier alpha value is -3.68. The van der Waals surface area contributed by atoms with E-state index in [9.17, 15) is 28.4 Å². The van der Waals surface area contributed by atoms with Crippen LogP contribution in [-0.4, -0.2) is 56.4 Å². The normalized spacial score (nSPS) is 22.5. The van der Waals surface area contributed by atoms with Gasteiger partial charge in [-0.05, 0) is 38.0 Å². The number of hydrogen-bond donors (Lipinski definition) is 2. The Labute approximate surface area is 194 Å². The molecule has 2 N–H and O–H groups in total. The third-order valence-corrected chi connectivity index (χ3v) is 6.87. The minimum Gasteiger partial charge on any atom is -0.333 e. The number of amides is 2. The molecule has 34 heavy (non-hydrogen) atoms. The molecule has 0 spiro atoms. The van der Waals surface area contributed by atoms with Crippen LogP contribution in [0.5, 0.6) is 0 Å². The van der Waals surface area contributed by atoms with Crippen LogP contribution in [0.15, 0.2) is 24.4 Å². The number of nitrogens with one attached hydrogen (secondary N) is 2. The number of anilines is 1. The van der Waals surface area contributed by atoms with Gasteiger partial charge in [-0.25, -0.2) is 8.78 Å². The first-order chi connectivity index (χ1) is 16.0. The van der Waals surface area contributed by atoms with E-state index in [-0.39, 0.29) is 18.1 Å². The molecule has 178 valence electrons. The Morgan fingerprint density at radius 2 is 2.06 bits per heavy atom. The van der Waals surface area contributed by atoms with Gasteiger partial charge in [-0.3, -0.25) is 14.4 Å². The van der Waals surface area contributed by atoms with Gasteiger partial charge >= 0.3 is 0 Å². The number of aryl methyl sites for hydroxylation is 1. The highest BCUT2D eigenvalue weighted by Crippen LogP contribution is 2.54. The number of aromatic nitrogens is 3. The van der Waals surface area contributed by atoms with Crippen LogP contribution in [0, 0.1) is 24.2 Å². The Bertz CT molecular complexity index is 1170. The van der Waals surface area contributed by atoms with E-state index < -0.39 is 54.3 Å². The summed E-state index contributed by atoms with van der Waals surface area (Å²) in [4.78, 5) is 39.9. The molecule has 1 aromatic carbocycles. The summed E-state index contributed by atoms with van der Waals surface area (Å²) in [5, 5.41) is 21.8. The summed E-state index contributed by atoms with van der Waals surface area (Å²) >= 11 is 0. The fraction of sp³-hybridized carbons (Fsp3) is 0.478. The summed E-state index contributed by atoms with van der Waals surface area (Å²) < 4.78 is 27.4. The van der Waals surface area contributed by atoms with Gasteiger partial charge in [0.1, 0.15) is 0 Å². The quantitative estimate of drug-likeness (QED) is 0.624. The molecule has 2 fully saturated rings. The molecule has 2 atom stereocenters. The monoisotopic (exact) mass is 470 g/mol. The summed E-state index contributed by atoms with van der Waals surface area (Å²) in [6.07, 6.45) is 0.110. The third-order valence-electron chi connectivity index (χ3n) is 6.87. The summed E-state index contributed by atoms with van der Waals surface area (Å²) in [6, 6.07) is 6.52. The van der Waals surface area contributed by atoms with Crippen LogP contribution in [0.2, 0.25) is 0 Å². The molecule has 0 unspecified atom stereocenters. The zero-order valence-electron chi connectivity index (χ0n) is 18.8. The van der Waals surface area contributed by atoms with Crippen molar-refractivity contribution >= 4 is 23.3 Å². The number of halogens is 2. The summed E-state index contributed by atoms with van der Waals surface area (Å²) in [6.45, 7) is 3.68. The molecular formula is C23H24F2N6O3. The maximum Gasteiger partial charge on any atom is 0.290 e. The number of likely N-dealkylation sites (tertiary alicyclic amines) is 1. The molecule has 1 saturated carbocycles. The van der Waals surface area contributed by atoms with E-state index in [1.807, 2.05) is 0 Å². The van der Waals surface area contributed by atoms with Gasteiger partial charge in [0, 0.05) is 43.0 Å². The molecule has 1 aliphatic carbocycles. The SMILES string of the molecule is Cc1ccc(NC(=O)[C@H]2CCN(C(=O)C(=O)CC3(c4cn[nH]n4)CC(F)(F)C3)[C@H]2C)cc1C#N. The smallest absolute Gasteiger partial charge is 0.290 e. The number of H-pyrrole nitrogens is 1. The van der Waals surface area contributed by atoms with E-state index in [2.05, 4.69) is 26.8 Å². The van der Waals surface area contributed by atoms with Crippen molar-refractivity contribution in [1.29, 1.82) is 5.26 Å². The molecule has 2 heterocycles. The molecule has 1 aliphatic heterocycles.